The molecule has 0 aromatic heterocycles. The third-order valence-electron chi connectivity index (χ3n) is 4.76. The van der Waals surface area contributed by atoms with Crippen LogP contribution in [0.15, 0.2) is 24.3 Å². The van der Waals surface area contributed by atoms with Crippen LogP contribution in [-0.2, 0) is 0 Å². The summed E-state index contributed by atoms with van der Waals surface area (Å²) in [4.78, 5) is 17.1. The zero-order chi connectivity index (χ0) is 14.5. The minimum absolute atomic E-state index is 0.284. The van der Waals surface area contributed by atoms with Crippen molar-refractivity contribution in [2.24, 2.45) is 0 Å². The molecule has 1 aromatic rings. The van der Waals surface area contributed by atoms with E-state index in [-0.39, 0.29) is 5.78 Å². The SMILES string of the molecule is O=C(CCN1CCCC1)c1ccc(N2CCCCC2)cc1. The van der Waals surface area contributed by atoms with E-state index in [0.29, 0.717) is 6.42 Å². The molecule has 2 aliphatic rings. The number of nitrogens with zero attached hydrogens (tertiary/aromatic N) is 2. The molecule has 21 heavy (non-hydrogen) atoms. The van der Waals surface area contributed by atoms with Crippen molar-refractivity contribution in [1.29, 1.82) is 0 Å². The summed E-state index contributed by atoms with van der Waals surface area (Å²) in [5, 5.41) is 0. The lowest BCUT2D eigenvalue weighted by Gasteiger charge is -2.28. The Balaban J connectivity index is 1.54. The second-order valence-electron chi connectivity index (χ2n) is 6.32. The van der Waals surface area contributed by atoms with E-state index in [1.165, 1.54) is 50.9 Å². The van der Waals surface area contributed by atoms with Crippen LogP contribution in [0.25, 0.3) is 0 Å². The fourth-order valence-electron chi connectivity index (χ4n) is 3.42. The molecule has 2 saturated heterocycles. The van der Waals surface area contributed by atoms with E-state index in [0.717, 1.165) is 25.2 Å². The number of rotatable bonds is 5. The number of ketones is 1. The molecule has 0 N–H and O–H groups in total. The highest BCUT2D eigenvalue weighted by Crippen LogP contribution is 2.20. The van der Waals surface area contributed by atoms with Crippen molar-refractivity contribution in [2.45, 2.75) is 38.5 Å². The van der Waals surface area contributed by atoms with E-state index in [1.807, 2.05) is 12.1 Å². The Morgan fingerprint density at radius 1 is 0.857 bits per heavy atom. The van der Waals surface area contributed by atoms with Crippen LogP contribution in [-0.4, -0.2) is 43.4 Å². The number of anilines is 1. The lowest BCUT2D eigenvalue weighted by Crippen LogP contribution is -2.29. The zero-order valence-corrected chi connectivity index (χ0v) is 12.9. The molecule has 0 aliphatic carbocycles. The lowest BCUT2D eigenvalue weighted by atomic mass is 10.1. The Morgan fingerprint density at radius 2 is 1.48 bits per heavy atom. The summed E-state index contributed by atoms with van der Waals surface area (Å²) >= 11 is 0. The summed E-state index contributed by atoms with van der Waals surface area (Å²) in [6, 6.07) is 8.26. The molecule has 0 unspecified atom stereocenters. The van der Waals surface area contributed by atoms with Crippen molar-refractivity contribution in [2.75, 3.05) is 37.6 Å². The van der Waals surface area contributed by atoms with E-state index in [2.05, 4.69) is 21.9 Å². The maximum atomic E-state index is 12.2. The maximum Gasteiger partial charge on any atom is 0.164 e. The van der Waals surface area contributed by atoms with Crippen LogP contribution in [0.2, 0.25) is 0 Å². The topological polar surface area (TPSA) is 23.6 Å². The van der Waals surface area contributed by atoms with Crippen molar-refractivity contribution >= 4 is 11.5 Å². The van der Waals surface area contributed by atoms with Crippen molar-refractivity contribution < 1.29 is 4.79 Å². The first-order valence-corrected chi connectivity index (χ1v) is 8.43. The van der Waals surface area contributed by atoms with Crippen LogP contribution in [0.5, 0.6) is 0 Å². The third kappa shape index (κ3) is 3.85. The molecule has 0 atom stereocenters. The van der Waals surface area contributed by atoms with Gasteiger partial charge in [-0.05, 0) is 69.5 Å². The third-order valence-corrected chi connectivity index (χ3v) is 4.76. The normalized spacial score (nSPS) is 19.9. The summed E-state index contributed by atoms with van der Waals surface area (Å²) in [7, 11) is 0. The highest BCUT2D eigenvalue weighted by atomic mass is 16.1. The van der Waals surface area contributed by atoms with Gasteiger partial charge in [0.1, 0.15) is 0 Å². The van der Waals surface area contributed by atoms with Gasteiger partial charge in [0.25, 0.3) is 0 Å². The molecule has 0 saturated carbocycles. The van der Waals surface area contributed by atoms with Crippen molar-refractivity contribution in [3.8, 4) is 0 Å². The monoisotopic (exact) mass is 286 g/mol. The summed E-state index contributed by atoms with van der Waals surface area (Å²) in [6.07, 6.45) is 7.16. The number of hydrogen-bond acceptors (Lipinski definition) is 3. The minimum atomic E-state index is 0.284. The van der Waals surface area contributed by atoms with Gasteiger partial charge >= 0.3 is 0 Å². The fraction of sp³-hybridized carbons (Fsp3) is 0.611. The second kappa shape index (κ2) is 7.08. The predicted molar refractivity (Wildman–Crippen MR) is 87.1 cm³/mol. The number of Topliss-reactive ketones (excluding diaryl/α,β-unsaturated/α-hetero) is 1. The molecule has 2 aliphatic heterocycles. The molecule has 1 aromatic carbocycles. The van der Waals surface area contributed by atoms with Gasteiger partial charge in [0.05, 0.1) is 0 Å². The van der Waals surface area contributed by atoms with Gasteiger partial charge in [-0.25, -0.2) is 0 Å². The van der Waals surface area contributed by atoms with Crippen LogP contribution >= 0.6 is 0 Å². The summed E-state index contributed by atoms with van der Waals surface area (Å²) in [5.74, 6) is 0.284. The van der Waals surface area contributed by atoms with E-state index >= 15 is 0 Å². The largest absolute Gasteiger partial charge is 0.372 e. The highest BCUT2D eigenvalue weighted by Gasteiger charge is 2.15. The van der Waals surface area contributed by atoms with Crippen LogP contribution in [0.4, 0.5) is 5.69 Å². The molecule has 3 rings (SSSR count). The van der Waals surface area contributed by atoms with Gasteiger partial charge in [0.15, 0.2) is 5.78 Å². The van der Waals surface area contributed by atoms with Crippen molar-refractivity contribution in [3.05, 3.63) is 29.8 Å². The fourth-order valence-corrected chi connectivity index (χ4v) is 3.42. The summed E-state index contributed by atoms with van der Waals surface area (Å²) < 4.78 is 0. The smallest absolute Gasteiger partial charge is 0.164 e. The second-order valence-corrected chi connectivity index (χ2v) is 6.32. The molecule has 2 fully saturated rings. The molecular weight excluding hydrogens is 260 g/mol. The van der Waals surface area contributed by atoms with E-state index in [4.69, 9.17) is 0 Å². The number of hydrogen-bond donors (Lipinski definition) is 0. The Labute approximate surface area is 127 Å². The van der Waals surface area contributed by atoms with E-state index in [1.54, 1.807) is 0 Å². The van der Waals surface area contributed by atoms with Crippen LogP contribution < -0.4 is 4.90 Å². The van der Waals surface area contributed by atoms with Crippen molar-refractivity contribution in [1.82, 2.24) is 4.90 Å². The van der Waals surface area contributed by atoms with E-state index < -0.39 is 0 Å². The van der Waals surface area contributed by atoms with Crippen LogP contribution in [0.1, 0.15) is 48.9 Å². The molecule has 0 spiro atoms. The molecule has 0 amide bonds. The average molecular weight is 286 g/mol. The molecule has 3 heteroatoms. The lowest BCUT2D eigenvalue weighted by molar-refractivity contribution is 0.0969. The Hall–Kier alpha value is -1.35. The zero-order valence-electron chi connectivity index (χ0n) is 12.9. The predicted octanol–water partition coefficient (Wildman–Crippen LogP) is 3.35. The quantitative estimate of drug-likeness (QED) is 0.776. The molecular formula is C18H26N2O. The first kappa shape index (κ1) is 14.6. The van der Waals surface area contributed by atoms with Gasteiger partial charge in [0, 0.05) is 37.3 Å². The first-order valence-electron chi connectivity index (χ1n) is 8.43. The van der Waals surface area contributed by atoms with Gasteiger partial charge < -0.3 is 9.80 Å². The van der Waals surface area contributed by atoms with Gasteiger partial charge in [-0.1, -0.05) is 0 Å². The average Bonchev–Trinajstić information content (AvgIpc) is 3.07. The number of carbonyl (C=O) groups is 1. The standard InChI is InChI=1S/C18H26N2O/c21-18(10-15-19-11-4-5-12-19)16-6-8-17(9-7-16)20-13-2-1-3-14-20/h6-9H,1-5,10-15H2. The van der Waals surface area contributed by atoms with Crippen molar-refractivity contribution in [3.63, 3.8) is 0 Å². The highest BCUT2D eigenvalue weighted by molar-refractivity contribution is 5.96. The van der Waals surface area contributed by atoms with Gasteiger partial charge in [-0.15, -0.1) is 0 Å². The number of carbonyl (C=O) groups excluding carboxylic acids is 1. The molecule has 0 radical (unpaired) electrons. The number of benzene rings is 1. The first-order chi connectivity index (χ1) is 10.3. The van der Waals surface area contributed by atoms with Gasteiger partial charge in [-0.3, -0.25) is 4.79 Å². The number of piperidine rings is 1. The van der Waals surface area contributed by atoms with Crippen LogP contribution in [0.3, 0.4) is 0 Å². The summed E-state index contributed by atoms with van der Waals surface area (Å²) in [5.41, 5.74) is 2.14. The number of likely N-dealkylation sites (tertiary alicyclic amines) is 1. The molecule has 114 valence electrons. The minimum Gasteiger partial charge on any atom is -0.372 e. The Morgan fingerprint density at radius 3 is 2.14 bits per heavy atom. The van der Waals surface area contributed by atoms with Crippen LogP contribution in [0, 0.1) is 0 Å². The van der Waals surface area contributed by atoms with Gasteiger partial charge in [-0.2, -0.15) is 0 Å². The van der Waals surface area contributed by atoms with Gasteiger partial charge in [0.2, 0.25) is 0 Å². The maximum absolute atomic E-state index is 12.2. The van der Waals surface area contributed by atoms with E-state index in [9.17, 15) is 4.79 Å². The Bertz CT molecular complexity index is 457. The molecule has 3 nitrogen and oxygen atoms in total. The summed E-state index contributed by atoms with van der Waals surface area (Å²) in [6.45, 7) is 5.57. The molecule has 2 heterocycles. The Kier molecular flexibility index (Phi) is 4.91. The molecule has 0 bridgehead atoms.